The summed E-state index contributed by atoms with van der Waals surface area (Å²) in [5.41, 5.74) is 1.54. The quantitative estimate of drug-likeness (QED) is 0.586. The summed E-state index contributed by atoms with van der Waals surface area (Å²) in [6.45, 7) is 0. The summed E-state index contributed by atoms with van der Waals surface area (Å²) < 4.78 is 10.6. The van der Waals surface area contributed by atoms with Gasteiger partial charge in [-0.2, -0.15) is 0 Å². The van der Waals surface area contributed by atoms with Gasteiger partial charge in [0.05, 0.1) is 38.1 Å². The molecule has 10 nitrogen and oxygen atoms in total. The van der Waals surface area contributed by atoms with E-state index < -0.39 is 36.0 Å². The van der Waals surface area contributed by atoms with E-state index in [-0.39, 0.29) is 23.6 Å². The van der Waals surface area contributed by atoms with Crippen molar-refractivity contribution in [2.45, 2.75) is 24.2 Å². The molecule has 0 aliphatic carbocycles. The van der Waals surface area contributed by atoms with Crippen molar-refractivity contribution in [1.29, 1.82) is 0 Å². The minimum absolute atomic E-state index is 0.296. The first-order valence-electron chi connectivity index (χ1n) is 11.8. The van der Waals surface area contributed by atoms with Crippen molar-refractivity contribution in [2.75, 3.05) is 28.3 Å². The molecular formula is C26H26N4O6. The number of ether oxygens (including phenoxy) is 2. The summed E-state index contributed by atoms with van der Waals surface area (Å²) in [6.07, 6.45) is 0. The number of nitrogens with zero attached hydrogens (tertiary/aromatic N) is 4. The number of hydrazine groups is 1. The molecule has 4 saturated heterocycles. The number of hydrogen-bond acceptors (Lipinski definition) is 8. The van der Waals surface area contributed by atoms with Gasteiger partial charge in [0.15, 0.2) is 0 Å². The number of rotatable bonds is 4. The van der Waals surface area contributed by atoms with Crippen LogP contribution in [0.2, 0.25) is 0 Å². The number of likely N-dealkylation sites (tertiary alicyclic amines) is 2. The average molecular weight is 491 g/mol. The van der Waals surface area contributed by atoms with Crippen LogP contribution in [-0.2, 0) is 19.2 Å². The Labute approximate surface area is 207 Å². The monoisotopic (exact) mass is 490 g/mol. The van der Waals surface area contributed by atoms with Gasteiger partial charge in [-0.25, -0.2) is 10.0 Å². The molecule has 0 bridgehead atoms. The van der Waals surface area contributed by atoms with Crippen LogP contribution in [0.3, 0.4) is 0 Å². The minimum atomic E-state index is -0.821. The van der Waals surface area contributed by atoms with Gasteiger partial charge in [-0.1, -0.05) is 24.3 Å². The van der Waals surface area contributed by atoms with Gasteiger partial charge in [0, 0.05) is 14.1 Å². The van der Waals surface area contributed by atoms with Crippen LogP contribution in [-0.4, -0.2) is 83.8 Å². The van der Waals surface area contributed by atoms with Crippen LogP contribution in [0.25, 0.3) is 0 Å². The van der Waals surface area contributed by atoms with E-state index in [2.05, 4.69) is 0 Å². The average Bonchev–Trinajstić information content (AvgIpc) is 3.55. The van der Waals surface area contributed by atoms with Crippen LogP contribution in [0.4, 0.5) is 0 Å². The fourth-order valence-corrected chi connectivity index (χ4v) is 6.38. The Morgan fingerprint density at radius 2 is 0.861 bits per heavy atom. The number of imide groups is 2. The molecule has 6 atom stereocenters. The SMILES string of the molecule is COc1ccc([C@H]2[C@@H]3C(=O)N(C)C(=O)[C@@H]3N3[C@@H](c4ccc(OC)cc4)[C@H]4C(=O)N(C)C(=O)[C@@H]4N23)cc1. The summed E-state index contributed by atoms with van der Waals surface area (Å²) in [7, 11) is 6.11. The lowest BCUT2D eigenvalue weighted by Gasteiger charge is -2.35. The van der Waals surface area contributed by atoms with Gasteiger partial charge in [0.25, 0.3) is 0 Å². The van der Waals surface area contributed by atoms with Crippen molar-refractivity contribution in [2.24, 2.45) is 11.8 Å². The van der Waals surface area contributed by atoms with Crippen LogP contribution in [0.15, 0.2) is 48.5 Å². The van der Waals surface area contributed by atoms with Crippen LogP contribution in [0.5, 0.6) is 11.5 Å². The molecule has 0 radical (unpaired) electrons. The first kappa shape index (κ1) is 22.7. The number of carbonyl (C=O) groups is 4. The van der Waals surface area contributed by atoms with E-state index in [1.54, 1.807) is 38.5 Å². The van der Waals surface area contributed by atoms with Crippen molar-refractivity contribution >= 4 is 23.6 Å². The topological polar surface area (TPSA) is 99.7 Å². The van der Waals surface area contributed by atoms with E-state index >= 15 is 0 Å². The lowest BCUT2D eigenvalue weighted by Crippen LogP contribution is -2.49. The summed E-state index contributed by atoms with van der Waals surface area (Å²) in [5.74, 6) is -1.39. The second kappa shape index (κ2) is 7.87. The van der Waals surface area contributed by atoms with Crippen molar-refractivity contribution in [3.63, 3.8) is 0 Å². The molecule has 10 heteroatoms. The molecule has 0 saturated carbocycles. The highest BCUT2D eigenvalue weighted by atomic mass is 16.5. The Kier molecular flexibility index (Phi) is 4.96. The Morgan fingerprint density at radius 1 is 0.528 bits per heavy atom. The van der Waals surface area contributed by atoms with Crippen LogP contribution in [0.1, 0.15) is 23.2 Å². The van der Waals surface area contributed by atoms with Crippen molar-refractivity contribution in [3.8, 4) is 11.5 Å². The first-order valence-corrected chi connectivity index (χ1v) is 11.8. The second-order valence-electron chi connectivity index (χ2n) is 9.61. The van der Waals surface area contributed by atoms with Gasteiger partial charge in [0.2, 0.25) is 23.6 Å². The lowest BCUT2D eigenvalue weighted by molar-refractivity contribution is -0.151. The van der Waals surface area contributed by atoms with Gasteiger partial charge in [-0.05, 0) is 35.4 Å². The Bertz CT molecular complexity index is 1180. The highest BCUT2D eigenvalue weighted by Crippen LogP contribution is 2.58. The van der Waals surface area contributed by atoms with Crippen LogP contribution < -0.4 is 9.47 Å². The second-order valence-corrected chi connectivity index (χ2v) is 9.61. The van der Waals surface area contributed by atoms with E-state index in [9.17, 15) is 19.2 Å². The number of carbonyl (C=O) groups excluding carboxylic acids is 4. The van der Waals surface area contributed by atoms with Crippen molar-refractivity contribution in [1.82, 2.24) is 19.8 Å². The maximum Gasteiger partial charge on any atom is 0.248 e. The lowest BCUT2D eigenvalue weighted by atomic mass is 9.84. The van der Waals surface area contributed by atoms with Gasteiger partial charge >= 0.3 is 0 Å². The zero-order valence-corrected chi connectivity index (χ0v) is 20.3. The van der Waals surface area contributed by atoms with E-state index in [4.69, 9.17) is 9.47 Å². The number of amides is 4. The largest absolute Gasteiger partial charge is 0.497 e. The van der Waals surface area contributed by atoms with Crippen molar-refractivity contribution < 1.29 is 28.7 Å². The molecule has 4 fully saturated rings. The fraction of sp³-hybridized carbons (Fsp3) is 0.385. The standard InChI is InChI=1S/C26H26N4O6/c1-27-23(31)17-19(13-5-9-15(35-3)10-6-13)30-22-18(24(32)28(2)26(22)34)20(29(30)21(17)25(27)33)14-7-11-16(36-4)12-8-14/h5-12,17-22H,1-4H3/t17-,18+,19-,20-,21+,22+/m0/s1. The summed E-state index contributed by atoms with van der Waals surface area (Å²) in [5, 5.41) is 3.67. The third-order valence-electron chi connectivity index (χ3n) is 8.08. The number of likely N-dealkylation sites (N-methyl/N-ethyl adjacent to an activating group) is 2. The molecule has 2 aromatic rings. The maximum atomic E-state index is 13.5. The van der Waals surface area contributed by atoms with Crippen LogP contribution >= 0.6 is 0 Å². The molecule has 0 aromatic heterocycles. The molecule has 4 aliphatic heterocycles. The molecule has 4 amide bonds. The van der Waals surface area contributed by atoms with Crippen LogP contribution in [0, 0.1) is 11.8 Å². The predicted molar refractivity (Wildman–Crippen MR) is 125 cm³/mol. The Hall–Kier alpha value is -3.76. The zero-order chi connectivity index (χ0) is 25.5. The van der Waals surface area contributed by atoms with Crippen molar-refractivity contribution in [3.05, 3.63) is 59.7 Å². The first-order chi connectivity index (χ1) is 17.3. The number of methoxy groups -OCH3 is 2. The Balaban J connectivity index is 1.55. The Morgan fingerprint density at radius 3 is 1.17 bits per heavy atom. The molecule has 4 heterocycles. The van der Waals surface area contributed by atoms with E-state index in [0.717, 1.165) is 20.9 Å². The smallest absolute Gasteiger partial charge is 0.248 e. The predicted octanol–water partition coefficient (Wildman–Crippen LogP) is 0.999. The number of benzene rings is 2. The van der Waals surface area contributed by atoms with Gasteiger partial charge in [-0.15, -0.1) is 0 Å². The molecular weight excluding hydrogens is 464 g/mol. The summed E-state index contributed by atoms with van der Waals surface area (Å²) >= 11 is 0. The van der Waals surface area contributed by atoms with E-state index in [1.165, 1.54) is 14.1 Å². The molecule has 2 aromatic carbocycles. The van der Waals surface area contributed by atoms with Gasteiger partial charge in [0.1, 0.15) is 23.6 Å². The summed E-state index contributed by atoms with van der Waals surface area (Å²) in [6, 6.07) is 11.7. The highest BCUT2D eigenvalue weighted by molar-refractivity contribution is 6.10. The highest BCUT2D eigenvalue weighted by Gasteiger charge is 2.72. The molecule has 36 heavy (non-hydrogen) atoms. The molecule has 4 aliphatic rings. The zero-order valence-electron chi connectivity index (χ0n) is 20.3. The molecule has 6 rings (SSSR count). The molecule has 0 N–H and O–H groups in total. The van der Waals surface area contributed by atoms with E-state index in [1.807, 2.05) is 34.3 Å². The molecule has 186 valence electrons. The summed E-state index contributed by atoms with van der Waals surface area (Å²) in [4.78, 5) is 56.1. The number of fused-ring (bicyclic) bond motifs is 5. The third-order valence-corrected chi connectivity index (χ3v) is 8.08. The third kappa shape index (κ3) is 2.79. The van der Waals surface area contributed by atoms with E-state index in [0.29, 0.717) is 11.5 Å². The van der Waals surface area contributed by atoms with Gasteiger partial charge < -0.3 is 9.47 Å². The number of hydrogen-bond donors (Lipinski definition) is 0. The molecule has 0 unspecified atom stereocenters. The molecule has 0 spiro atoms. The fourth-order valence-electron chi connectivity index (χ4n) is 6.38. The van der Waals surface area contributed by atoms with Gasteiger partial charge in [-0.3, -0.25) is 29.0 Å². The maximum absolute atomic E-state index is 13.5. The minimum Gasteiger partial charge on any atom is -0.497 e. The normalized spacial score (nSPS) is 31.8.